The molecule has 1 aliphatic rings. The van der Waals surface area contributed by atoms with E-state index in [0.29, 0.717) is 12.5 Å². The van der Waals surface area contributed by atoms with Crippen LogP contribution in [0.2, 0.25) is 0 Å². The molecule has 1 saturated heterocycles. The summed E-state index contributed by atoms with van der Waals surface area (Å²) in [5, 5.41) is 0. The zero-order chi connectivity index (χ0) is 15.1. The minimum atomic E-state index is 0. The van der Waals surface area contributed by atoms with E-state index in [-0.39, 0.29) is 30.0 Å². The van der Waals surface area contributed by atoms with Gasteiger partial charge in [-0.05, 0) is 51.9 Å². The first-order valence-electron chi connectivity index (χ1n) is 8.08. The molecule has 2 heterocycles. The van der Waals surface area contributed by atoms with E-state index in [0.717, 1.165) is 31.9 Å². The van der Waals surface area contributed by atoms with Gasteiger partial charge < -0.3 is 15.1 Å². The smallest absolute Gasteiger partial charge is 0.191 e. The van der Waals surface area contributed by atoms with Crippen molar-refractivity contribution in [1.82, 2.24) is 9.80 Å². The van der Waals surface area contributed by atoms with Crippen molar-refractivity contribution in [3.63, 3.8) is 0 Å². The van der Waals surface area contributed by atoms with Crippen LogP contribution in [0.4, 0.5) is 0 Å². The van der Waals surface area contributed by atoms with Crippen LogP contribution in [0.15, 0.2) is 27.8 Å². The lowest BCUT2D eigenvalue weighted by atomic mass is 10.1. The SMILES string of the molecule is CCN(CC)C(N)=NCC(c1ccco1)N1CCCCC1.I. The van der Waals surface area contributed by atoms with Crippen LogP contribution in [0.25, 0.3) is 0 Å². The third-order valence-corrected chi connectivity index (χ3v) is 4.22. The lowest BCUT2D eigenvalue weighted by Crippen LogP contribution is -2.39. The Morgan fingerprint density at radius 2 is 2.00 bits per heavy atom. The van der Waals surface area contributed by atoms with Crippen molar-refractivity contribution in [3.05, 3.63) is 24.2 Å². The van der Waals surface area contributed by atoms with Gasteiger partial charge in [-0.3, -0.25) is 9.89 Å². The molecule has 1 aromatic rings. The molecule has 1 atom stereocenters. The number of nitrogens with zero attached hydrogens (tertiary/aromatic N) is 3. The second-order valence-corrected chi connectivity index (χ2v) is 5.50. The maximum Gasteiger partial charge on any atom is 0.191 e. The number of guanidine groups is 1. The van der Waals surface area contributed by atoms with Crippen molar-refractivity contribution in [3.8, 4) is 0 Å². The predicted molar refractivity (Wildman–Crippen MR) is 102 cm³/mol. The molecule has 1 unspecified atom stereocenters. The molecular weight excluding hydrogens is 391 g/mol. The average Bonchev–Trinajstić information content (AvgIpc) is 3.04. The van der Waals surface area contributed by atoms with Crippen molar-refractivity contribution in [2.45, 2.75) is 39.2 Å². The summed E-state index contributed by atoms with van der Waals surface area (Å²) in [5.41, 5.74) is 6.10. The fourth-order valence-corrected chi connectivity index (χ4v) is 2.92. The zero-order valence-electron chi connectivity index (χ0n) is 13.7. The second-order valence-electron chi connectivity index (χ2n) is 5.50. The summed E-state index contributed by atoms with van der Waals surface area (Å²) in [5.74, 6) is 1.63. The van der Waals surface area contributed by atoms with E-state index in [9.17, 15) is 0 Å². The summed E-state index contributed by atoms with van der Waals surface area (Å²) < 4.78 is 5.63. The van der Waals surface area contributed by atoms with Crippen LogP contribution in [0, 0.1) is 0 Å². The van der Waals surface area contributed by atoms with Crippen molar-refractivity contribution < 1.29 is 4.42 Å². The Labute approximate surface area is 150 Å². The van der Waals surface area contributed by atoms with E-state index < -0.39 is 0 Å². The summed E-state index contributed by atoms with van der Waals surface area (Å²) in [6.07, 6.45) is 5.58. The van der Waals surface area contributed by atoms with Gasteiger partial charge in [0, 0.05) is 13.1 Å². The van der Waals surface area contributed by atoms with Crippen molar-refractivity contribution in [2.24, 2.45) is 10.7 Å². The van der Waals surface area contributed by atoms with Crippen LogP contribution < -0.4 is 5.73 Å². The topological polar surface area (TPSA) is 58.0 Å². The van der Waals surface area contributed by atoms with Crippen molar-refractivity contribution >= 4 is 29.9 Å². The second kappa shape index (κ2) is 10.1. The standard InChI is InChI=1S/C16H28N4O.HI/c1-3-19(4-2)16(17)18-13-14(15-9-8-12-21-15)20-10-6-5-7-11-20;/h8-9,12,14H,3-7,10-11,13H2,1-2H3,(H2,17,18);1H. The van der Waals surface area contributed by atoms with Crippen molar-refractivity contribution in [2.75, 3.05) is 32.7 Å². The molecule has 22 heavy (non-hydrogen) atoms. The first-order chi connectivity index (χ1) is 10.3. The molecule has 2 rings (SSSR count). The number of hydrogen-bond acceptors (Lipinski definition) is 3. The van der Waals surface area contributed by atoms with Gasteiger partial charge in [0.15, 0.2) is 5.96 Å². The summed E-state index contributed by atoms with van der Waals surface area (Å²) in [4.78, 5) is 9.17. The van der Waals surface area contributed by atoms with Crippen LogP contribution in [-0.4, -0.2) is 48.5 Å². The molecule has 2 N–H and O–H groups in total. The van der Waals surface area contributed by atoms with Gasteiger partial charge >= 0.3 is 0 Å². The van der Waals surface area contributed by atoms with E-state index in [1.807, 2.05) is 12.1 Å². The maximum atomic E-state index is 6.10. The predicted octanol–water partition coefficient (Wildman–Crippen LogP) is 3.08. The van der Waals surface area contributed by atoms with Gasteiger partial charge in [0.25, 0.3) is 0 Å². The van der Waals surface area contributed by atoms with Gasteiger partial charge in [-0.1, -0.05) is 6.42 Å². The number of hydrogen-bond donors (Lipinski definition) is 1. The van der Waals surface area contributed by atoms with Gasteiger partial charge in [-0.25, -0.2) is 0 Å². The van der Waals surface area contributed by atoms with Crippen molar-refractivity contribution in [1.29, 1.82) is 0 Å². The zero-order valence-corrected chi connectivity index (χ0v) is 16.0. The molecule has 0 radical (unpaired) electrons. The van der Waals surface area contributed by atoms with Gasteiger partial charge in [0.2, 0.25) is 0 Å². The molecule has 0 aliphatic carbocycles. The summed E-state index contributed by atoms with van der Waals surface area (Å²) in [6, 6.07) is 4.20. The lowest BCUT2D eigenvalue weighted by molar-refractivity contribution is 0.150. The van der Waals surface area contributed by atoms with Crippen LogP contribution in [0.5, 0.6) is 0 Å². The first kappa shape index (κ1) is 19.3. The molecule has 126 valence electrons. The minimum absolute atomic E-state index is 0. The Kier molecular flexibility index (Phi) is 8.85. The molecule has 0 amide bonds. The number of aliphatic imine (C=N–C) groups is 1. The first-order valence-corrected chi connectivity index (χ1v) is 8.08. The normalized spacial score (nSPS) is 17.8. The van der Waals surface area contributed by atoms with E-state index in [2.05, 4.69) is 28.6 Å². The summed E-state index contributed by atoms with van der Waals surface area (Å²) in [6.45, 7) is 8.87. The third-order valence-electron chi connectivity index (χ3n) is 4.22. The Hall–Kier alpha value is -0.760. The minimum Gasteiger partial charge on any atom is -0.468 e. The van der Waals surface area contributed by atoms with E-state index in [1.165, 1.54) is 19.3 Å². The number of likely N-dealkylation sites (tertiary alicyclic amines) is 1. The Balaban J connectivity index is 0.00000242. The summed E-state index contributed by atoms with van der Waals surface area (Å²) in [7, 11) is 0. The molecule has 1 aliphatic heterocycles. The number of rotatable bonds is 6. The molecule has 1 fully saturated rings. The van der Waals surface area contributed by atoms with Crippen LogP contribution in [-0.2, 0) is 0 Å². The highest BCUT2D eigenvalue weighted by atomic mass is 127. The van der Waals surface area contributed by atoms with E-state index in [1.54, 1.807) is 6.26 Å². The molecule has 5 nitrogen and oxygen atoms in total. The lowest BCUT2D eigenvalue weighted by Gasteiger charge is -2.32. The largest absolute Gasteiger partial charge is 0.468 e. The molecule has 1 aromatic heterocycles. The number of halogens is 1. The monoisotopic (exact) mass is 420 g/mol. The molecule has 0 bridgehead atoms. The van der Waals surface area contributed by atoms with Crippen LogP contribution in [0.1, 0.15) is 44.9 Å². The van der Waals surface area contributed by atoms with Gasteiger partial charge in [-0.2, -0.15) is 0 Å². The van der Waals surface area contributed by atoms with E-state index in [4.69, 9.17) is 10.2 Å². The van der Waals surface area contributed by atoms with E-state index >= 15 is 0 Å². The fraction of sp³-hybridized carbons (Fsp3) is 0.688. The fourth-order valence-electron chi connectivity index (χ4n) is 2.92. The van der Waals surface area contributed by atoms with Gasteiger partial charge in [0.1, 0.15) is 5.76 Å². The molecular formula is C16H29IN4O. The third kappa shape index (κ3) is 5.15. The molecule has 6 heteroatoms. The Morgan fingerprint density at radius 3 is 2.55 bits per heavy atom. The number of furan rings is 1. The van der Waals surface area contributed by atoms with Crippen LogP contribution >= 0.6 is 24.0 Å². The number of nitrogens with two attached hydrogens (primary N) is 1. The highest BCUT2D eigenvalue weighted by Crippen LogP contribution is 2.25. The Bertz CT molecular complexity index is 425. The highest BCUT2D eigenvalue weighted by molar-refractivity contribution is 14.0. The molecule has 0 spiro atoms. The highest BCUT2D eigenvalue weighted by Gasteiger charge is 2.24. The van der Waals surface area contributed by atoms with Gasteiger partial charge in [0.05, 0.1) is 18.8 Å². The quantitative estimate of drug-likeness (QED) is 0.437. The molecule has 0 aromatic carbocycles. The average molecular weight is 420 g/mol. The molecule has 0 saturated carbocycles. The summed E-state index contributed by atoms with van der Waals surface area (Å²) >= 11 is 0. The Morgan fingerprint density at radius 1 is 1.32 bits per heavy atom. The van der Waals surface area contributed by atoms with Crippen LogP contribution in [0.3, 0.4) is 0 Å². The number of piperidine rings is 1. The van der Waals surface area contributed by atoms with Gasteiger partial charge in [-0.15, -0.1) is 24.0 Å². The maximum absolute atomic E-state index is 6.10.